The molecule has 4 rings (SSSR count). The number of amides is 1. The molecule has 1 aliphatic rings. The van der Waals surface area contributed by atoms with E-state index in [0.29, 0.717) is 17.1 Å². The summed E-state index contributed by atoms with van der Waals surface area (Å²) in [6.07, 6.45) is 0.790. The maximum Gasteiger partial charge on any atom is 0.261 e. The van der Waals surface area contributed by atoms with Crippen molar-refractivity contribution in [3.63, 3.8) is 0 Å². The molecule has 0 saturated heterocycles. The number of fused-ring (bicyclic) bond motifs is 1. The van der Waals surface area contributed by atoms with Gasteiger partial charge in [-0.3, -0.25) is 9.52 Å². The summed E-state index contributed by atoms with van der Waals surface area (Å²) < 4.78 is 27.5. The van der Waals surface area contributed by atoms with E-state index in [2.05, 4.69) is 4.72 Å². The average Bonchev–Trinajstić information content (AvgIpc) is 3.12. The van der Waals surface area contributed by atoms with Crippen molar-refractivity contribution < 1.29 is 13.2 Å². The second kappa shape index (κ2) is 7.71. The van der Waals surface area contributed by atoms with Crippen LogP contribution >= 0.6 is 23.2 Å². The number of hydrogen-bond acceptors (Lipinski definition) is 3. The predicted octanol–water partition coefficient (Wildman–Crippen LogP) is 5.00. The number of sulfonamides is 1. The summed E-state index contributed by atoms with van der Waals surface area (Å²) in [5, 5.41) is 0.619. The highest BCUT2D eigenvalue weighted by molar-refractivity contribution is 7.92. The Morgan fingerprint density at radius 2 is 1.69 bits per heavy atom. The number of halogens is 2. The van der Waals surface area contributed by atoms with Crippen LogP contribution in [0.2, 0.25) is 10.0 Å². The lowest BCUT2D eigenvalue weighted by molar-refractivity contribution is 0.0989. The van der Waals surface area contributed by atoms with Crippen LogP contribution in [-0.4, -0.2) is 20.9 Å². The molecular formula is C21H16Cl2N2O3S. The molecule has 1 aliphatic heterocycles. The number of carbonyl (C=O) groups is 1. The summed E-state index contributed by atoms with van der Waals surface area (Å²) in [7, 11) is -3.80. The highest BCUT2D eigenvalue weighted by Gasteiger charge is 2.26. The van der Waals surface area contributed by atoms with Gasteiger partial charge in [-0.15, -0.1) is 0 Å². The molecule has 0 aromatic heterocycles. The molecule has 1 N–H and O–H groups in total. The molecule has 0 aliphatic carbocycles. The Hall–Kier alpha value is -2.54. The topological polar surface area (TPSA) is 66.5 Å². The maximum atomic E-state index is 13.0. The molecule has 0 spiro atoms. The van der Waals surface area contributed by atoms with Crippen LogP contribution in [0, 0.1) is 0 Å². The molecule has 0 bridgehead atoms. The van der Waals surface area contributed by atoms with Crippen LogP contribution in [0.25, 0.3) is 0 Å². The number of nitrogens with one attached hydrogen (secondary N) is 1. The van der Waals surface area contributed by atoms with Gasteiger partial charge in [-0.25, -0.2) is 8.42 Å². The van der Waals surface area contributed by atoms with Crippen molar-refractivity contribution in [1.29, 1.82) is 0 Å². The van der Waals surface area contributed by atoms with Crippen molar-refractivity contribution in [2.75, 3.05) is 16.2 Å². The van der Waals surface area contributed by atoms with E-state index in [1.165, 1.54) is 42.5 Å². The number of carbonyl (C=O) groups excluding carboxylic acids is 1. The summed E-state index contributed by atoms with van der Waals surface area (Å²) in [6.45, 7) is 0.583. The minimum Gasteiger partial charge on any atom is -0.308 e. The molecule has 1 heterocycles. The Balaban J connectivity index is 1.57. The number of nitrogens with zero attached hydrogens (tertiary/aromatic N) is 1. The summed E-state index contributed by atoms with van der Waals surface area (Å²) in [5.74, 6) is -0.216. The minimum absolute atomic E-state index is 0.0758. The van der Waals surface area contributed by atoms with Crippen LogP contribution in [-0.2, 0) is 16.4 Å². The number of benzene rings is 3. The lowest BCUT2D eigenvalue weighted by atomic mass is 10.1. The van der Waals surface area contributed by atoms with Crippen molar-refractivity contribution in [3.8, 4) is 0 Å². The highest BCUT2D eigenvalue weighted by atomic mass is 35.5. The molecule has 3 aromatic rings. The van der Waals surface area contributed by atoms with Crippen LogP contribution in [0.5, 0.6) is 0 Å². The second-order valence-corrected chi connectivity index (χ2v) is 9.12. The summed E-state index contributed by atoms with van der Waals surface area (Å²) in [5.41, 5.74) is 2.58. The van der Waals surface area contributed by atoms with Gasteiger partial charge in [-0.05, 0) is 60.5 Å². The molecule has 3 aromatic carbocycles. The van der Waals surface area contributed by atoms with E-state index < -0.39 is 10.0 Å². The van der Waals surface area contributed by atoms with Gasteiger partial charge in [0.25, 0.3) is 15.9 Å². The normalized spacial score (nSPS) is 13.2. The molecule has 148 valence electrons. The Bertz CT molecular complexity index is 1190. The summed E-state index contributed by atoms with van der Waals surface area (Å²) in [6, 6.07) is 18.1. The molecule has 0 unspecified atom stereocenters. The van der Waals surface area contributed by atoms with Gasteiger partial charge >= 0.3 is 0 Å². The summed E-state index contributed by atoms with van der Waals surface area (Å²) in [4.78, 5) is 14.7. The van der Waals surface area contributed by atoms with E-state index in [9.17, 15) is 13.2 Å². The van der Waals surface area contributed by atoms with Gasteiger partial charge in [0.2, 0.25) is 0 Å². The largest absolute Gasteiger partial charge is 0.308 e. The highest BCUT2D eigenvalue weighted by Crippen LogP contribution is 2.31. The van der Waals surface area contributed by atoms with Crippen molar-refractivity contribution in [2.24, 2.45) is 0 Å². The number of anilines is 2. The van der Waals surface area contributed by atoms with Crippen molar-refractivity contribution >= 4 is 50.5 Å². The lowest BCUT2D eigenvalue weighted by Crippen LogP contribution is -2.29. The van der Waals surface area contributed by atoms with Crippen molar-refractivity contribution in [1.82, 2.24) is 0 Å². The zero-order chi connectivity index (χ0) is 20.6. The van der Waals surface area contributed by atoms with Crippen LogP contribution in [0.4, 0.5) is 11.4 Å². The molecule has 0 fully saturated rings. The van der Waals surface area contributed by atoms with Gasteiger partial charge in [0.1, 0.15) is 0 Å². The first kappa shape index (κ1) is 19.8. The molecule has 0 atom stereocenters. The zero-order valence-electron chi connectivity index (χ0n) is 15.1. The molecule has 0 radical (unpaired) electrons. The first-order valence-electron chi connectivity index (χ1n) is 8.83. The number of para-hydroxylation sites is 1. The third-order valence-electron chi connectivity index (χ3n) is 4.71. The first-order valence-corrected chi connectivity index (χ1v) is 11.1. The Morgan fingerprint density at radius 3 is 2.41 bits per heavy atom. The summed E-state index contributed by atoms with van der Waals surface area (Å²) >= 11 is 12.1. The van der Waals surface area contributed by atoms with Gasteiger partial charge in [0.15, 0.2) is 0 Å². The van der Waals surface area contributed by atoms with E-state index in [-0.39, 0.29) is 21.5 Å². The Labute approximate surface area is 178 Å². The zero-order valence-corrected chi connectivity index (χ0v) is 17.4. The Kier molecular flexibility index (Phi) is 5.25. The average molecular weight is 447 g/mol. The number of hydrogen-bond donors (Lipinski definition) is 1. The molecular weight excluding hydrogens is 431 g/mol. The Morgan fingerprint density at radius 1 is 0.966 bits per heavy atom. The van der Waals surface area contributed by atoms with Crippen LogP contribution in [0.15, 0.2) is 71.6 Å². The van der Waals surface area contributed by atoms with Gasteiger partial charge in [0.05, 0.1) is 21.2 Å². The molecule has 1 amide bonds. The quantitative estimate of drug-likeness (QED) is 0.613. The van der Waals surface area contributed by atoms with Crippen molar-refractivity contribution in [3.05, 3.63) is 87.9 Å². The molecule has 29 heavy (non-hydrogen) atoms. The van der Waals surface area contributed by atoms with Gasteiger partial charge < -0.3 is 4.90 Å². The first-order chi connectivity index (χ1) is 13.8. The molecule has 5 nitrogen and oxygen atoms in total. The van der Waals surface area contributed by atoms with Crippen LogP contribution in [0.1, 0.15) is 15.9 Å². The monoisotopic (exact) mass is 446 g/mol. The van der Waals surface area contributed by atoms with Gasteiger partial charge in [-0.1, -0.05) is 41.4 Å². The van der Waals surface area contributed by atoms with E-state index in [1.54, 1.807) is 4.90 Å². The van der Waals surface area contributed by atoms with Crippen LogP contribution < -0.4 is 9.62 Å². The fraction of sp³-hybridized carbons (Fsp3) is 0.0952. The fourth-order valence-electron chi connectivity index (χ4n) is 3.27. The van der Waals surface area contributed by atoms with E-state index in [0.717, 1.165) is 17.7 Å². The third kappa shape index (κ3) is 3.96. The smallest absolute Gasteiger partial charge is 0.261 e. The molecule has 0 saturated carbocycles. The molecule has 8 heteroatoms. The number of rotatable bonds is 4. The van der Waals surface area contributed by atoms with E-state index in [4.69, 9.17) is 23.2 Å². The fourth-order valence-corrected chi connectivity index (χ4v) is 4.71. The standard InChI is InChI=1S/C21H16Cl2N2O3S/c22-15-5-8-17(9-6-15)29(27,28)24-16-7-10-18(19(23)13-16)21(26)25-12-11-14-3-1-2-4-20(14)25/h1-10,13,24H,11-12H2. The van der Waals surface area contributed by atoms with Crippen molar-refractivity contribution in [2.45, 2.75) is 11.3 Å². The van der Waals surface area contributed by atoms with Gasteiger partial charge in [-0.2, -0.15) is 0 Å². The SMILES string of the molecule is O=C(c1ccc(NS(=O)(=O)c2ccc(Cl)cc2)cc1Cl)N1CCc2ccccc21. The minimum atomic E-state index is -3.80. The third-order valence-corrected chi connectivity index (χ3v) is 6.67. The predicted molar refractivity (Wildman–Crippen MR) is 116 cm³/mol. The maximum absolute atomic E-state index is 13.0. The second-order valence-electron chi connectivity index (χ2n) is 6.59. The lowest BCUT2D eigenvalue weighted by Gasteiger charge is -2.18. The van der Waals surface area contributed by atoms with E-state index >= 15 is 0 Å². The van der Waals surface area contributed by atoms with Gasteiger partial charge in [0, 0.05) is 17.3 Å². The van der Waals surface area contributed by atoms with Crippen LogP contribution in [0.3, 0.4) is 0 Å². The van der Waals surface area contributed by atoms with E-state index in [1.807, 2.05) is 24.3 Å².